The van der Waals surface area contributed by atoms with Crippen LogP contribution in [0.5, 0.6) is 17.2 Å². The lowest BCUT2D eigenvalue weighted by atomic mass is 9.96. The number of carbonyl (C=O) groups is 1. The third-order valence-electron chi connectivity index (χ3n) is 3.74. The van der Waals surface area contributed by atoms with E-state index in [4.69, 9.17) is 9.84 Å². The van der Waals surface area contributed by atoms with Crippen LogP contribution in [0, 0.1) is 6.92 Å². The molecule has 0 bridgehead atoms. The zero-order valence-electron chi connectivity index (χ0n) is 12.0. The molecule has 0 saturated heterocycles. The first-order chi connectivity index (χ1) is 10.4. The number of benzene rings is 1. The minimum absolute atomic E-state index is 0. The van der Waals surface area contributed by atoms with E-state index < -0.39 is 17.8 Å². The van der Waals surface area contributed by atoms with Crippen LogP contribution < -0.4 is 17.4 Å². The van der Waals surface area contributed by atoms with Gasteiger partial charge in [0.25, 0.3) is 0 Å². The van der Waals surface area contributed by atoms with Crippen molar-refractivity contribution in [3.05, 3.63) is 46.3 Å². The molecule has 23 heavy (non-hydrogen) atoms. The smallest absolute Gasteiger partial charge is 0.339 e. The molecule has 0 saturated carbocycles. The van der Waals surface area contributed by atoms with Crippen LogP contribution in [0.4, 0.5) is 0 Å². The molecule has 3 rings (SSSR count). The summed E-state index contributed by atoms with van der Waals surface area (Å²) in [5, 5.41) is 38.9. The number of hydrogen-bond donors (Lipinski definition) is 4. The summed E-state index contributed by atoms with van der Waals surface area (Å²) in [4.78, 5) is 14.0. The second kappa shape index (κ2) is 5.94. The first-order valence-corrected chi connectivity index (χ1v) is 6.54. The first-order valence-electron chi connectivity index (χ1n) is 6.54. The number of aromatic carboxylic acids is 1. The lowest BCUT2D eigenvalue weighted by Crippen LogP contribution is -3.00. The third kappa shape index (κ3) is 2.64. The van der Waals surface area contributed by atoms with E-state index in [0.29, 0.717) is 11.3 Å². The molecular formula is C15H14ClNO6. The molecule has 8 heteroatoms. The quantitative estimate of drug-likeness (QED) is 0.515. The second-order valence-electron chi connectivity index (χ2n) is 5.13. The summed E-state index contributed by atoms with van der Waals surface area (Å²) in [5.74, 6) is -2.15. The van der Waals surface area contributed by atoms with Crippen molar-refractivity contribution < 1.29 is 47.3 Å². The fourth-order valence-electron chi connectivity index (χ4n) is 2.58. The number of phenols is 2. The number of hydrogen-bond acceptors (Lipinski definition) is 5. The van der Waals surface area contributed by atoms with Gasteiger partial charge in [-0.1, -0.05) is 0 Å². The van der Waals surface area contributed by atoms with E-state index >= 15 is 0 Å². The van der Waals surface area contributed by atoms with Gasteiger partial charge in [-0.3, -0.25) is 0 Å². The lowest BCUT2D eigenvalue weighted by Gasteiger charge is -2.15. The number of aromatic amines is 1. The van der Waals surface area contributed by atoms with Crippen molar-refractivity contribution in [1.82, 2.24) is 0 Å². The minimum atomic E-state index is -1.32. The third-order valence-corrected chi connectivity index (χ3v) is 3.74. The van der Waals surface area contributed by atoms with E-state index in [1.54, 1.807) is 13.1 Å². The maximum Gasteiger partial charge on any atom is 0.339 e. The van der Waals surface area contributed by atoms with Crippen molar-refractivity contribution >= 4 is 5.97 Å². The van der Waals surface area contributed by atoms with E-state index in [2.05, 4.69) is 4.98 Å². The van der Waals surface area contributed by atoms with Crippen molar-refractivity contribution in [3.63, 3.8) is 0 Å². The van der Waals surface area contributed by atoms with Crippen LogP contribution in [0.25, 0.3) is 0 Å². The predicted molar refractivity (Wildman–Crippen MR) is 72.8 cm³/mol. The van der Waals surface area contributed by atoms with Crippen LogP contribution in [-0.2, 0) is 11.3 Å². The average molecular weight is 340 g/mol. The molecule has 7 nitrogen and oxygen atoms in total. The predicted octanol–water partition coefficient (Wildman–Crippen LogP) is -1.75. The molecule has 1 unspecified atom stereocenters. The molecule has 1 aliphatic rings. The Morgan fingerprint density at radius 2 is 1.96 bits per heavy atom. The highest BCUT2D eigenvalue weighted by atomic mass is 35.5. The van der Waals surface area contributed by atoms with Crippen LogP contribution >= 0.6 is 0 Å². The van der Waals surface area contributed by atoms with Crippen molar-refractivity contribution in [3.8, 4) is 17.2 Å². The number of nitrogens with one attached hydrogen (secondary N) is 1. The molecule has 0 fully saturated rings. The molecule has 5 N–H and O–H groups in total. The highest BCUT2D eigenvalue weighted by molar-refractivity contribution is 5.91. The number of aromatic nitrogens is 1. The van der Waals surface area contributed by atoms with Gasteiger partial charge in [0, 0.05) is 24.1 Å². The lowest BCUT2D eigenvalue weighted by molar-refractivity contribution is -0.389. The van der Waals surface area contributed by atoms with Gasteiger partial charge in [-0.05, 0) is 6.07 Å². The van der Waals surface area contributed by atoms with E-state index in [1.165, 1.54) is 0 Å². The van der Waals surface area contributed by atoms with Crippen molar-refractivity contribution in [1.29, 1.82) is 0 Å². The Morgan fingerprint density at radius 1 is 1.26 bits per heavy atom. The van der Waals surface area contributed by atoms with Crippen LogP contribution in [0.15, 0.2) is 18.3 Å². The molecule has 1 aromatic carbocycles. The van der Waals surface area contributed by atoms with Gasteiger partial charge in [0.05, 0.1) is 12.2 Å². The fourth-order valence-corrected chi connectivity index (χ4v) is 2.58. The Labute approximate surface area is 137 Å². The Morgan fingerprint density at radius 3 is 2.61 bits per heavy atom. The van der Waals surface area contributed by atoms with Crippen LogP contribution in [0.1, 0.15) is 38.8 Å². The molecule has 0 spiro atoms. The number of rotatable bonds is 2. The number of aryl methyl sites for hydroxylation is 1. The summed E-state index contributed by atoms with van der Waals surface area (Å²) in [6.07, 6.45) is 0.891. The minimum Gasteiger partial charge on any atom is -1.00 e. The monoisotopic (exact) mass is 339 g/mol. The van der Waals surface area contributed by atoms with Gasteiger partial charge >= 0.3 is 5.97 Å². The molecule has 1 aliphatic heterocycles. The Bertz CT molecular complexity index is 792. The van der Waals surface area contributed by atoms with Crippen molar-refractivity contribution in [2.45, 2.75) is 19.6 Å². The average Bonchev–Trinajstić information content (AvgIpc) is 2.87. The number of carboxylic acid groups (broad SMARTS) is 1. The van der Waals surface area contributed by atoms with Crippen molar-refractivity contribution in [2.75, 3.05) is 0 Å². The normalized spacial score (nSPS) is 15.8. The number of H-pyrrole nitrogens is 1. The summed E-state index contributed by atoms with van der Waals surface area (Å²) >= 11 is 0. The number of pyridine rings is 1. The standard InChI is InChI=1S/C15H13NO6.ClH/c1-6-13(19)12-7(4-16-6)5-22-14(12)8-2-9(15(20)21)11(18)3-10(8)17;/h2-4,14,17-19H,5H2,1H3,(H,20,21);1H. The fraction of sp³-hybridized carbons (Fsp3) is 0.200. The first kappa shape index (κ1) is 16.9. The van der Waals surface area contributed by atoms with Gasteiger partial charge in [0.2, 0.25) is 5.69 Å². The Hall–Kier alpha value is -2.51. The SMILES string of the molecule is Cc1[nH+]cc2c(c1O)C(c1cc(C(=O)O)c(O)cc1O)OC2.[Cl-]. The molecule has 0 aliphatic carbocycles. The number of ether oxygens (including phenoxy) is 1. The van der Waals surface area contributed by atoms with Gasteiger partial charge in [-0.25, -0.2) is 9.78 Å². The summed E-state index contributed by atoms with van der Waals surface area (Å²) in [5.41, 5.74) is 1.57. The number of halogens is 1. The maximum absolute atomic E-state index is 11.1. The highest BCUT2D eigenvalue weighted by Gasteiger charge is 2.34. The number of fused-ring (bicyclic) bond motifs is 1. The number of aromatic hydroxyl groups is 3. The van der Waals surface area contributed by atoms with Gasteiger partial charge in [0.1, 0.15) is 23.2 Å². The topological polar surface area (TPSA) is 121 Å². The molecular weight excluding hydrogens is 326 g/mol. The van der Waals surface area contributed by atoms with Gasteiger partial charge < -0.3 is 37.6 Å². The van der Waals surface area contributed by atoms with Crippen LogP contribution in [-0.4, -0.2) is 26.4 Å². The zero-order valence-corrected chi connectivity index (χ0v) is 12.8. The summed E-state index contributed by atoms with van der Waals surface area (Å²) < 4.78 is 5.59. The molecule has 2 aromatic rings. The van der Waals surface area contributed by atoms with E-state index in [9.17, 15) is 20.1 Å². The molecule has 1 aromatic heterocycles. The van der Waals surface area contributed by atoms with Gasteiger partial charge in [-0.2, -0.15) is 0 Å². The molecule has 0 radical (unpaired) electrons. The van der Waals surface area contributed by atoms with Gasteiger partial charge in [-0.15, -0.1) is 0 Å². The molecule has 2 heterocycles. The van der Waals surface area contributed by atoms with E-state index in [1.807, 2.05) is 0 Å². The summed E-state index contributed by atoms with van der Waals surface area (Å²) in [7, 11) is 0. The van der Waals surface area contributed by atoms with E-state index in [-0.39, 0.29) is 41.6 Å². The van der Waals surface area contributed by atoms with E-state index in [0.717, 1.165) is 17.7 Å². The largest absolute Gasteiger partial charge is 1.00 e. The zero-order chi connectivity index (χ0) is 16.0. The molecule has 0 amide bonds. The van der Waals surface area contributed by atoms with Crippen LogP contribution in [0.2, 0.25) is 0 Å². The van der Waals surface area contributed by atoms with Gasteiger partial charge in [0.15, 0.2) is 11.9 Å². The number of phenolic OH excluding ortho intramolecular Hbond substituents is 1. The van der Waals surface area contributed by atoms with Crippen LogP contribution in [0.3, 0.4) is 0 Å². The maximum atomic E-state index is 11.1. The second-order valence-corrected chi connectivity index (χ2v) is 5.13. The Balaban J connectivity index is 0.00000192. The van der Waals surface area contributed by atoms with Crippen molar-refractivity contribution in [2.24, 2.45) is 0 Å². The molecule has 1 atom stereocenters. The summed E-state index contributed by atoms with van der Waals surface area (Å²) in [6.45, 7) is 1.90. The summed E-state index contributed by atoms with van der Waals surface area (Å²) in [6, 6.07) is 2.11. The molecule has 122 valence electrons. The highest BCUT2D eigenvalue weighted by Crippen LogP contribution is 2.44. The number of carboxylic acids is 1. The Kier molecular flexibility index (Phi) is 4.35.